The van der Waals surface area contributed by atoms with E-state index in [1.54, 1.807) is 37.6 Å². The molecule has 0 aliphatic heterocycles. The minimum absolute atomic E-state index is 0.472. The topological polar surface area (TPSA) is 58.1 Å². The molecule has 3 aromatic rings. The number of aliphatic hydroxyl groups excluding tert-OH is 1. The first kappa shape index (κ1) is 14.6. The Kier molecular flexibility index (Phi) is 4.13. The van der Waals surface area contributed by atoms with Crippen molar-refractivity contribution in [2.75, 3.05) is 7.11 Å². The molecular weight excluding hydrogens is 300 g/mol. The first-order valence-electron chi connectivity index (χ1n) is 6.81. The van der Waals surface area contributed by atoms with Crippen LogP contribution in [0.3, 0.4) is 0 Å². The monoisotopic (exact) mass is 314 g/mol. The van der Waals surface area contributed by atoms with Crippen LogP contribution in [-0.2, 0) is 0 Å². The molecule has 0 saturated heterocycles. The summed E-state index contributed by atoms with van der Waals surface area (Å²) in [5, 5.41) is 11.1. The van der Waals surface area contributed by atoms with Crippen LogP contribution in [0.1, 0.15) is 17.5 Å². The lowest BCUT2D eigenvalue weighted by molar-refractivity contribution is 0.211. The van der Waals surface area contributed by atoms with Crippen molar-refractivity contribution in [2.24, 2.45) is 0 Å². The lowest BCUT2D eigenvalue weighted by Gasteiger charge is -2.09. The average molecular weight is 315 g/mol. The van der Waals surface area contributed by atoms with Crippen LogP contribution < -0.4 is 4.74 Å². The summed E-state index contributed by atoms with van der Waals surface area (Å²) in [7, 11) is 1.61. The van der Waals surface area contributed by atoms with Crippen LogP contribution >= 0.6 is 11.6 Å². The number of nitrogens with zero attached hydrogens (tertiary/aromatic N) is 1. The predicted octanol–water partition coefficient (Wildman–Crippen LogP) is 3.82. The molecule has 1 aromatic heterocycles. The number of aromatic nitrogens is 2. The van der Waals surface area contributed by atoms with E-state index >= 15 is 0 Å². The quantitative estimate of drug-likeness (QED) is 0.769. The van der Waals surface area contributed by atoms with E-state index in [1.807, 2.05) is 24.3 Å². The molecule has 1 atom stereocenters. The minimum Gasteiger partial charge on any atom is -0.497 e. The first-order chi connectivity index (χ1) is 10.7. The number of nitrogens with one attached hydrogen (secondary N) is 1. The minimum atomic E-state index is -0.831. The summed E-state index contributed by atoms with van der Waals surface area (Å²) in [6.07, 6.45) is 0.839. The molecule has 2 aromatic carbocycles. The number of aromatic amines is 1. The van der Waals surface area contributed by atoms with Crippen molar-refractivity contribution >= 4 is 11.6 Å². The number of ether oxygens (including phenoxy) is 1. The summed E-state index contributed by atoms with van der Waals surface area (Å²) >= 11 is 6.17. The summed E-state index contributed by atoms with van der Waals surface area (Å²) in [4.78, 5) is 7.38. The number of rotatable bonds is 4. The molecule has 112 valence electrons. The molecular formula is C17H15ClN2O2. The van der Waals surface area contributed by atoms with Crippen LogP contribution in [0.2, 0.25) is 5.02 Å². The van der Waals surface area contributed by atoms with Gasteiger partial charge in [-0.25, -0.2) is 4.98 Å². The normalized spacial score (nSPS) is 12.1. The van der Waals surface area contributed by atoms with E-state index in [4.69, 9.17) is 16.3 Å². The average Bonchev–Trinajstić information content (AvgIpc) is 3.04. The lowest BCUT2D eigenvalue weighted by atomic mass is 10.1. The Bertz CT molecular complexity index is 768. The zero-order valence-corrected chi connectivity index (χ0v) is 12.7. The summed E-state index contributed by atoms with van der Waals surface area (Å²) in [6, 6.07) is 14.7. The molecule has 3 rings (SSSR count). The molecule has 0 amide bonds. The van der Waals surface area contributed by atoms with Gasteiger partial charge in [-0.15, -0.1) is 0 Å². The molecule has 22 heavy (non-hydrogen) atoms. The van der Waals surface area contributed by atoms with Crippen molar-refractivity contribution in [3.63, 3.8) is 0 Å². The summed E-state index contributed by atoms with van der Waals surface area (Å²) in [5.41, 5.74) is 2.36. The molecule has 2 N–H and O–H groups in total. The SMILES string of the molecule is COc1ccc(C(O)c2ncc(-c3ccccc3Cl)[nH]2)cc1. The summed E-state index contributed by atoms with van der Waals surface area (Å²) in [6.45, 7) is 0. The van der Waals surface area contributed by atoms with Gasteiger partial charge in [0.1, 0.15) is 17.7 Å². The number of hydrogen-bond acceptors (Lipinski definition) is 3. The first-order valence-corrected chi connectivity index (χ1v) is 7.18. The van der Waals surface area contributed by atoms with Gasteiger partial charge in [0.2, 0.25) is 0 Å². The maximum absolute atomic E-state index is 10.4. The van der Waals surface area contributed by atoms with Crippen LogP contribution in [0.15, 0.2) is 54.7 Å². The Balaban J connectivity index is 1.88. The fourth-order valence-corrected chi connectivity index (χ4v) is 2.47. The highest BCUT2D eigenvalue weighted by Crippen LogP contribution is 2.28. The molecule has 1 heterocycles. The van der Waals surface area contributed by atoms with Crippen molar-refractivity contribution in [2.45, 2.75) is 6.10 Å². The fourth-order valence-electron chi connectivity index (χ4n) is 2.24. The molecule has 0 bridgehead atoms. The van der Waals surface area contributed by atoms with Crippen LogP contribution in [0, 0.1) is 0 Å². The zero-order valence-electron chi connectivity index (χ0n) is 12.0. The molecule has 0 radical (unpaired) electrons. The Morgan fingerprint density at radius 3 is 2.55 bits per heavy atom. The highest BCUT2D eigenvalue weighted by atomic mass is 35.5. The molecule has 5 heteroatoms. The molecule has 1 unspecified atom stereocenters. The van der Waals surface area contributed by atoms with Gasteiger partial charge in [0, 0.05) is 10.6 Å². The number of aliphatic hydroxyl groups is 1. The highest BCUT2D eigenvalue weighted by Gasteiger charge is 2.15. The predicted molar refractivity (Wildman–Crippen MR) is 86.1 cm³/mol. The number of imidazole rings is 1. The second kappa shape index (κ2) is 6.22. The Hall–Kier alpha value is -2.30. The number of H-pyrrole nitrogens is 1. The van der Waals surface area contributed by atoms with Crippen molar-refractivity contribution in [3.8, 4) is 17.0 Å². The standard InChI is InChI=1S/C17H15ClN2O2/c1-22-12-8-6-11(7-9-12)16(21)17-19-10-15(20-17)13-4-2-3-5-14(13)18/h2-10,16,21H,1H3,(H,19,20). The third-order valence-corrected chi connectivity index (χ3v) is 3.78. The van der Waals surface area contributed by atoms with Crippen LogP contribution in [0.5, 0.6) is 5.75 Å². The Labute approximate surface area is 133 Å². The molecule has 0 saturated carbocycles. The van der Waals surface area contributed by atoms with Gasteiger partial charge in [-0.2, -0.15) is 0 Å². The van der Waals surface area contributed by atoms with E-state index in [1.165, 1.54) is 0 Å². The number of methoxy groups -OCH3 is 1. The number of halogens is 1. The van der Waals surface area contributed by atoms with Gasteiger partial charge in [-0.05, 0) is 23.8 Å². The van der Waals surface area contributed by atoms with Crippen molar-refractivity contribution in [3.05, 3.63) is 71.1 Å². The van der Waals surface area contributed by atoms with E-state index in [0.29, 0.717) is 10.8 Å². The van der Waals surface area contributed by atoms with Crippen molar-refractivity contribution < 1.29 is 9.84 Å². The van der Waals surface area contributed by atoms with E-state index in [0.717, 1.165) is 22.6 Å². The largest absolute Gasteiger partial charge is 0.497 e. The molecule has 0 spiro atoms. The second-order valence-electron chi connectivity index (χ2n) is 4.84. The molecule has 0 aliphatic carbocycles. The van der Waals surface area contributed by atoms with Gasteiger partial charge >= 0.3 is 0 Å². The molecule has 0 aliphatic rings. The van der Waals surface area contributed by atoms with Crippen molar-refractivity contribution in [1.29, 1.82) is 0 Å². The van der Waals surface area contributed by atoms with Crippen LogP contribution in [-0.4, -0.2) is 22.2 Å². The Morgan fingerprint density at radius 1 is 1.14 bits per heavy atom. The van der Waals surface area contributed by atoms with E-state index in [9.17, 15) is 5.11 Å². The third-order valence-electron chi connectivity index (χ3n) is 3.45. The maximum atomic E-state index is 10.4. The van der Waals surface area contributed by atoms with E-state index in [2.05, 4.69) is 9.97 Å². The van der Waals surface area contributed by atoms with E-state index < -0.39 is 6.10 Å². The highest BCUT2D eigenvalue weighted by molar-refractivity contribution is 6.33. The summed E-state index contributed by atoms with van der Waals surface area (Å²) < 4.78 is 5.11. The fraction of sp³-hybridized carbons (Fsp3) is 0.118. The van der Waals surface area contributed by atoms with Gasteiger partial charge in [-0.1, -0.05) is 41.9 Å². The van der Waals surface area contributed by atoms with Crippen LogP contribution in [0.25, 0.3) is 11.3 Å². The van der Waals surface area contributed by atoms with Gasteiger partial charge in [0.25, 0.3) is 0 Å². The van der Waals surface area contributed by atoms with Crippen LogP contribution in [0.4, 0.5) is 0 Å². The maximum Gasteiger partial charge on any atom is 0.140 e. The van der Waals surface area contributed by atoms with Gasteiger partial charge in [0.15, 0.2) is 0 Å². The third kappa shape index (κ3) is 2.84. The Morgan fingerprint density at radius 2 is 1.86 bits per heavy atom. The van der Waals surface area contributed by atoms with E-state index in [-0.39, 0.29) is 0 Å². The smallest absolute Gasteiger partial charge is 0.140 e. The van der Waals surface area contributed by atoms with Crippen molar-refractivity contribution in [1.82, 2.24) is 9.97 Å². The van der Waals surface area contributed by atoms with Gasteiger partial charge in [-0.3, -0.25) is 0 Å². The molecule has 0 fully saturated rings. The van der Waals surface area contributed by atoms with Gasteiger partial charge in [0.05, 0.1) is 19.0 Å². The lowest BCUT2D eigenvalue weighted by Crippen LogP contribution is -2.01. The number of hydrogen-bond donors (Lipinski definition) is 2. The zero-order chi connectivity index (χ0) is 15.5. The number of benzene rings is 2. The molecule has 4 nitrogen and oxygen atoms in total. The summed E-state index contributed by atoms with van der Waals surface area (Å²) in [5.74, 6) is 1.22. The second-order valence-corrected chi connectivity index (χ2v) is 5.24. The van der Waals surface area contributed by atoms with Gasteiger partial charge < -0.3 is 14.8 Å².